The molecule has 1 N–H and O–H groups in total. The molecule has 8 nitrogen and oxygen atoms in total. The van der Waals surface area contributed by atoms with E-state index < -0.39 is 18.1 Å². The van der Waals surface area contributed by atoms with Crippen molar-refractivity contribution in [1.29, 1.82) is 0 Å². The second kappa shape index (κ2) is 50.7. The number of quaternary nitrogens is 1. The number of rotatable bonds is 52. The monoisotopic (exact) mass is 957 g/mol. The van der Waals surface area contributed by atoms with Crippen molar-refractivity contribution in [2.24, 2.45) is 0 Å². The average molecular weight is 958 g/mol. The van der Waals surface area contributed by atoms with Gasteiger partial charge in [-0.05, 0) is 70.6 Å². The molecule has 8 heteroatoms. The normalized spacial score (nSPS) is 13.1. The molecule has 0 aliphatic rings. The molecule has 0 spiro atoms. The summed E-state index contributed by atoms with van der Waals surface area (Å²) in [6, 6.07) is -0.617. The third-order valence-electron chi connectivity index (χ3n) is 13.0. The van der Waals surface area contributed by atoms with Crippen LogP contribution in [0.4, 0.5) is 0 Å². The Balaban J connectivity index is 4.17. The lowest BCUT2D eigenvalue weighted by atomic mass is 10.0. The molecule has 0 saturated carbocycles. The molecule has 0 rings (SSSR count). The number of ether oxygens (including phenoxy) is 3. The fraction of sp³-hybridized carbons (Fsp3) is 0.817. The second-order valence-electron chi connectivity index (χ2n) is 20.5. The smallest absolute Gasteiger partial charge is 0.362 e. The van der Waals surface area contributed by atoms with Gasteiger partial charge in [0.2, 0.25) is 0 Å². The zero-order valence-corrected chi connectivity index (χ0v) is 45.3. The van der Waals surface area contributed by atoms with E-state index in [9.17, 15) is 19.5 Å². The number of hydrogen-bond donors (Lipinski definition) is 1. The molecule has 0 heterocycles. The minimum absolute atomic E-state index is 0.0530. The lowest BCUT2D eigenvalue weighted by Gasteiger charge is -2.31. The summed E-state index contributed by atoms with van der Waals surface area (Å²) in [6.45, 7) is 4.67. The van der Waals surface area contributed by atoms with Crippen LogP contribution in [0.3, 0.4) is 0 Å². The Labute approximate surface area is 420 Å². The van der Waals surface area contributed by atoms with E-state index >= 15 is 0 Å². The maximum absolute atomic E-state index is 12.8. The van der Waals surface area contributed by atoms with Crippen molar-refractivity contribution in [3.05, 3.63) is 48.6 Å². The lowest BCUT2D eigenvalue weighted by molar-refractivity contribution is -0.887. The van der Waals surface area contributed by atoms with Gasteiger partial charge in [-0.15, -0.1) is 0 Å². The van der Waals surface area contributed by atoms with Gasteiger partial charge in [-0.25, -0.2) is 4.79 Å². The topological polar surface area (TPSA) is 99.1 Å². The van der Waals surface area contributed by atoms with Gasteiger partial charge < -0.3 is 23.8 Å². The van der Waals surface area contributed by atoms with E-state index in [4.69, 9.17) is 14.2 Å². The highest BCUT2D eigenvalue weighted by Gasteiger charge is 2.31. The minimum Gasteiger partial charge on any atom is -0.477 e. The number of carboxylic acids is 1. The highest BCUT2D eigenvalue weighted by Crippen LogP contribution is 2.16. The SMILES string of the molecule is CC/C=C/C/C=C/CCCCCCCCCCCCCCCCC(=O)OCC(COCCC(C(=O)O)[N+](C)(C)C)OC(=O)CCCCCCCCC/C=C/C/C=C/CCCCCCCCCCC. The van der Waals surface area contributed by atoms with Crippen LogP contribution in [0.15, 0.2) is 48.6 Å². The van der Waals surface area contributed by atoms with Gasteiger partial charge in [0, 0.05) is 19.3 Å². The van der Waals surface area contributed by atoms with Crippen LogP contribution < -0.4 is 0 Å². The molecule has 0 bridgehead atoms. The molecule has 0 aromatic rings. The summed E-state index contributed by atoms with van der Waals surface area (Å²) in [6.07, 6.45) is 63.2. The summed E-state index contributed by atoms with van der Waals surface area (Å²) in [5, 5.41) is 9.68. The van der Waals surface area contributed by atoms with Gasteiger partial charge in [-0.2, -0.15) is 0 Å². The molecule has 0 aliphatic heterocycles. The van der Waals surface area contributed by atoms with Gasteiger partial charge >= 0.3 is 17.9 Å². The zero-order valence-electron chi connectivity index (χ0n) is 45.3. The molecular formula is C60H110NO7+. The summed E-state index contributed by atoms with van der Waals surface area (Å²) in [7, 11) is 5.54. The van der Waals surface area contributed by atoms with Crippen LogP contribution >= 0.6 is 0 Å². The second-order valence-corrected chi connectivity index (χ2v) is 20.5. The van der Waals surface area contributed by atoms with E-state index in [1.165, 1.54) is 167 Å². The Morgan fingerprint density at radius 3 is 1.21 bits per heavy atom. The van der Waals surface area contributed by atoms with E-state index in [0.717, 1.165) is 64.2 Å². The van der Waals surface area contributed by atoms with Gasteiger partial charge in [0.15, 0.2) is 12.1 Å². The van der Waals surface area contributed by atoms with Crippen LogP contribution in [0.1, 0.15) is 264 Å². The van der Waals surface area contributed by atoms with Gasteiger partial charge in [-0.1, -0.05) is 223 Å². The Morgan fingerprint density at radius 2 is 0.824 bits per heavy atom. The van der Waals surface area contributed by atoms with E-state index in [1.807, 2.05) is 21.1 Å². The summed E-state index contributed by atoms with van der Waals surface area (Å²) >= 11 is 0. The van der Waals surface area contributed by atoms with Gasteiger partial charge in [0.05, 0.1) is 34.4 Å². The van der Waals surface area contributed by atoms with E-state index in [1.54, 1.807) is 0 Å². The standard InChI is InChI=1S/C60H109NO7/c1-6-8-10-12-14-16-18-20-22-24-26-28-29-31-33-35-37-39-41-43-45-47-49-51-59(63)68-56(54-66-53-52-57(60(64)65)61(3,4)5)55-67-58(62)50-48-46-44-42-40-38-36-34-32-30-27-25-23-21-19-17-15-13-11-9-7-2/h9,11,15,17,26,28,31,33,56-57H,6-8,10,12-14,16,18-25,27,29-30,32,34-55H2,1-5H3/p+1/b11-9+,17-15+,28-26+,33-31+. The summed E-state index contributed by atoms with van der Waals surface area (Å²) < 4.78 is 17.4. The van der Waals surface area contributed by atoms with Crippen LogP contribution in [-0.4, -0.2) is 80.6 Å². The van der Waals surface area contributed by atoms with E-state index in [-0.39, 0.29) is 36.2 Å². The first-order chi connectivity index (χ1) is 33.1. The van der Waals surface area contributed by atoms with Gasteiger partial charge in [0.1, 0.15) is 6.61 Å². The summed E-state index contributed by atoms with van der Waals surface area (Å²) in [5.41, 5.74) is 0. The maximum atomic E-state index is 12.8. The Bertz CT molecular complexity index is 1250. The molecule has 0 fully saturated rings. The Hall–Kier alpha value is -2.71. The quantitative estimate of drug-likeness (QED) is 0.0281. The molecule has 2 unspecified atom stereocenters. The molecule has 68 heavy (non-hydrogen) atoms. The number of aliphatic carboxylic acids is 1. The number of carbonyl (C=O) groups excluding carboxylic acids is 2. The highest BCUT2D eigenvalue weighted by molar-refractivity contribution is 5.72. The van der Waals surface area contributed by atoms with Crippen molar-refractivity contribution < 1.29 is 38.2 Å². The number of likely N-dealkylation sites (N-methyl/N-ethyl adjacent to an activating group) is 1. The number of nitrogens with zero attached hydrogens (tertiary/aromatic N) is 1. The van der Waals surface area contributed by atoms with Crippen molar-refractivity contribution in [3.8, 4) is 0 Å². The predicted octanol–water partition coefficient (Wildman–Crippen LogP) is 17.1. The average Bonchev–Trinajstić information content (AvgIpc) is 3.30. The van der Waals surface area contributed by atoms with E-state index in [2.05, 4.69) is 62.5 Å². The molecule has 2 atom stereocenters. The maximum Gasteiger partial charge on any atom is 0.362 e. The van der Waals surface area contributed by atoms with Crippen LogP contribution in [0, 0.1) is 0 Å². The fourth-order valence-corrected chi connectivity index (χ4v) is 8.57. The first kappa shape index (κ1) is 65.3. The molecule has 0 radical (unpaired) electrons. The van der Waals surface area contributed by atoms with Crippen molar-refractivity contribution in [2.75, 3.05) is 41.0 Å². The van der Waals surface area contributed by atoms with Crippen molar-refractivity contribution in [3.63, 3.8) is 0 Å². The minimum atomic E-state index is -0.874. The number of esters is 2. The Morgan fingerprint density at radius 1 is 0.456 bits per heavy atom. The molecule has 0 aliphatic carbocycles. The molecule has 0 aromatic carbocycles. The van der Waals surface area contributed by atoms with Crippen LogP contribution in [0.25, 0.3) is 0 Å². The predicted molar refractivity (Wildman–Crippen MR) is 289 cm³/mol. The van der Waals surface area contributed by atoms with E-state index in [0.29, 0.717) is 19.3 Å². The number of hydrogen-bond acceptors (Lipinski definition) is 6. The summed E-state index contributed by atoms with van der Waals surface area (Å²) in [5.74, 6) is -1.46. The van der Waals surface area contributed by atoms with Gasteiger partial charge in [-0.3, -0.25) is 9.59 Å². The number of carbonyl (C=O) groups is 3. The number of carboxylic acid groups (broad SMARTS) is 1. The molecule has 0 saturated heterocycles. The van der Waals surface area contributed by atoms with Crippen molar-refractivity contribution >= 4 is 17.9 Å². The highest BCUT2D eigenvalue weighted by atomic mass is 16.6. The fourth-order valence-electron chi connectivity index (χ4n) is 8.57. The first-order valence-corrected chi connectivity index (χ1v) is 28.7. The third kappa shape index (κ3) is 48.3. The van der Waals surface area contributed by atoms with Crippen molar-refractivity contribution in [2.45, 2.75) is 276 Å². The molecule has 0 amide bonds. The number of allylic oxidation sites excluding steroid dienone is 8. The Kier molecular flexibility index (Phi) is 48.7. The lowest BCUT2D eigenvalue weighted by Crippen LogP contribution is -2.50. The zero-order chi connectivity index (χ0) is 49.9. The van der Waals surface area contributed by atoms with Crippen LogP contribution in [0.2, 0.25) is 0 Å². The number of unbranched alkanes of at least 4 members (excludes halogenated alkanes) is 30. The van der Waals surface area contributed by atoms with Crippen LogP contribution in [0.5, 0.6) is 0 Å². The molecular weight excluding hydrogens is 847 g/mol. The van der Waals surface area contributed by atoms with Crippen molar-refractivity contribution in [1.82, 2.24) is 0 Å². The van der Waals surface area contributed by atoms with Gasteiger partial charge in [0.25, 0.3) is 0 Å². The summed E-state index contributed by atoms with van der Waals surface area (Å²) in [4.78, 5) is 37.3. The largest absolute Gasteiger partial charge is 0.477 e. The first-order valence-electron chi connectivity index (χ1n) is 28.7. The molecule has 0 aromatic heterocycles. The van der Waals surface area contributed by atoms with Crippen LogP contribution in [-0.2, 0) is 28.6 Å². The third-order valence-corrected chi connectivity index (χ3v) is 13.0. The molecule has 396 valence electrons.